The highest BCUT2D eigenvalue weighted by Gasteiger charge is 2.14. The number of ether oxygens (including phenoxy) is 1. The normalized spacial score (nSPS) is 9.90. The van der Waals surface area contributed by atoms with E-state index in [-0.39, 0.29) is 18.9 Å². The molecule has 1 aromatic rings. The third-order valence-electron chi connectivity index (χ3n) is 2.74. The van der Waals surface area contributed by atoms with Crippen molar-refractivity contribution < 1.29 is 14.3 Å². The molecule has 1 aromatic carbocycles. The Morgan fingerprint density at radius 1 is 1.25 bits per heavy atom. The summed E-state index contributed by atoms with van der Waals surface area (Å²) in [7, 11) is 0. The molecule has 108 valence electrons. The Balaban J connectivity index is 2.40. The van der Waals surface area contributed by atoms with Crippen LogP contribution in [0.3, 0.4) is 0 Å². The third kappa shape index (κ3) is 5.69. The van der Waals surface area contributed by atoms with Gasteiger partial charge < -0.3 is 9.64 Å². The van der Waals surface area contributed by atoms with E-state index in [1.807, 2.05) is 44.2 Å². The molecule has 1 rings (SSSR count). The summed E-state index contributed by atoms with van der Waals surface area (Å²) < 4.78 is 5.01. The second-order valence-electron chi connectivity index (χ2n) is 4.69. The number of carbonyl (C=O) groups excluding carboxylic acids is 2. The molecule has 0 bridgehead atoms. The molecule has 4 nitrogen and oxygen atoms in total. The first-order chi connectivity index (χ1) is 9.52. The summed E-state index contributed by atoms with van der Waals surface area (Å²) in [5.74, 6) is -0.590. The predicted molar refractivity (Wildman–Crippen MR) is 78.2 cm³/mol. The fourth-order valence-corrected chi connectivity index (χ4v) is 1.75. The summed E-state index contributed by atoms with van der Waals surface area (Å²) in [5.41, 5.74) is 1.77. The van der Waals surface area contributed by atoms with Gasteiger partial charge in [-0.3, -0.25) is 9.59 Å². The first-order valence-corrected chi connectivity index (χ1v) is 6.64. The van der Waals surface area contributed by atoms with Crippen LogP contribution in [0.2, 0.25) is 0 Å². The number of amides is 1. The molecule has 4 heteroatoms. The van der Waals surface area contributed by atoms with E-state index >= 15 is 0 Å². The van der Waals surface area contributed by atoms with Gasteiger partial charge in [0.05, 0.1) is 6.42 Å². The monoisotopic (exact) mass is 275 g/mol. The van der Waals surface area contributed by atoms with E-state index in [9.17, 15) is 9.59 Å². The van der Waals surface area contributed by atoms with Crippen LogP contribution in [0.25, 0.3) is 0 Å². The third-order valence-corrected chi connectivity index (χ3v) is 2.74. The maximum atomic E-state index is 11.9. The molecule has 0 aliphatic carbocycles. The van der Waals surface area contributed by atoms with Gasteiger partial charge in [0.25, 0.3) is 5.91 Å². The van der Waals surface area contributed by atoms with Crippen molar-refractivity contribution in [1.29, 1.82) is 0 Å². The molecule has 0 N–H and O–H groups in total. The van der Waals surface area contributed by atoms with Gasteiger partial charge in [0.2, 0.25) is 0 Å². The van der Waals surface area contributed by atoms with Crippen molar-refractivity contribution in [2.24, 2.45) is 0 Å². The highest BCUT2D eigenvalue weighted by molar-refractivity contribution is 5.81. The van der Waals surface area contributed by atoms with Crippen LogP contribution in [0.4, 0.5) is 0 Å². The Labute approximate surface area is 120 Å². The van der Waals surface area contributed by atoms with Gasteiger partial charge in [0.15, 0.2) is 6.61 Å². The maximum Gasteiger partial charge on any atom is 0.310 e. The van der Waals surface area contributed by atoms with Crippen molar-refractivity contribution in [3.05, 3.63) is 48.0 Å². The number of carbonyl (C=O) groups is 2. The molecule has 0 radical (unpaired) electrons. The minimum Gasteiger partial charge on any atom is -0.455 e. The van der Waals surface area contributed by atoms with E-state index in [0.29, 0.717) is 13.1 Å². The smallest absolute Gasteiger partial charge is 0.310 e. The summed E-state index contributed by atoms with van der Waals surface area (Å²) in [6.07, 6.45) is 0.181. The zero-order valence-corrected chi connectivity index (χ0v) is 12.1. The minimum absolute atomic E-state index is 0.181. The highest BCUT2D eigenvalue weighted by atomic mass is 16.5. The van der Waals surface area contributed by atoms with Gasteiger partial charge in [-0.2, -0.15) is 0 Å². The number of benzene rings is 1. The molecule has 0 spiro atoms. The molecular weight excluding hydrogens is 254 g/mol. The Hall–Kier alpha value is -2.10. The van der Waals surface area contributed by atoms with Crippen LogP contribution < -0.4 is 0 Å². The zero-order valence-electron chi connectivity index (χ0n) is 12.1. The van der Waals surface area contributed by atoms with Crippen molar-refractivity contribution in [2.75, 3.05) is 19.7 Å². The van der Waals surface area contributed by atoms with Crippen LogP contribution in [-0.4, -0.2) is 36.5 Å². The number of rotatable bonds is 7. The number of likely N-dealkylation sites (N-methyl/N-ethyl adjacent to an activating group) is 1. The summed E-state index contributed by atoms with van der Waals surface area (Å²) in [6, 6.07) is 9.30. The maximum absolute atomic E-state index is 11.9. The molecule has 0 aliphatic heterocycles. The van der Waals surface area contributed by atoms with Crippen LogP contribution in [-0.2, 0) is 20.7 Å². The lowest BCUT2D eigenvalue weighted by Gasteiger charge is -2.20. The van der Waals surface area contributed by atoms with E-state index < -0.39 is 5.97 Å². The lowest BCUT2D eigenvalue weighted by atomic mass is 10.2. The van der Waals surface area contributed by atoms with Crippen LogP contribution in [0.1, 0.15) is 19.4 Å². The van der Waals surface area contributed by atoms with E-state index in [1.54, 1.807) is 4.90 Å². The van der Waals surface area contributed by atoms with E-state index in [0.717, 1.165) is 11.1 Å². The fourth-order valence-electron chi connectivity index (χ4n) is 1.75. The zero-order chi connectivity index (χ0) is 15.0. The molecule has 0 atom stereocenters. The number of nitrogens with zero attached hydrogens (tertiary/aromatic N) is 1. The molecule has 20 heavy (non-hydrogen) atoms. The van der Waals surface area contributed by atoms with Crippen LogP contribution in [0.5, 0.6) is 0 Å². The minimum atomic E-state index is -0.393. The largest absolute Gasteiger partial charge is 0.455 e. The van der Waals surface area contributed by atoms with E-state index in [4.69, 9.17) is 4.74 Å². The number of hydrogen-bond acceptors (Lipinski definition) is 3. The van der Waals surface area contributed by atoms with Crippen LogP contribution >= 0.6 is 0 Å². The topological polar surface area (TPSA) is 46.6 Å². The molecule has 0 aromatic heterocycles. The molecule has 0 unspecified atom stereocenters. The molecule has 1 amide bonds. The van der Waals surface area contributed by atoms with Gasteiger partial charge in [-0.15, -0.1) is 0 Å². The SMILES string of the molecule is C=C(C)CN(CC)C(=O)COC(=O)Cc1ccccc1. The lowest BCUT2D eigenvalue weighted by Crippen LogP contribution is -2.35. The molecule has 0 heterocycles. The number of esters is 1. The van der Waals surface area contributed by atoms with Crippen molar-refractivity contribution in [3.63, 3.8) is 0 Å². The molecular formula is C16H21NO3. The predicted octanol–water partition coefficient (Wildman–Crippen LogP) is 2.20. The van der Waals surface area contributed by atoms with E-state index in [1.165, 1.54) is 0 Å². The molecule has 0 saturated carbocycles. The number of hydrogen-bond donors (Lipinski definition) is 0. The van der Waals surface area contributed by atoms with Crippen molar-refractivity contribution >= 4 is 11.9 Å². The van der Waals surface area contributed by atoms with Crippen LogP contribution in [0, 0.1) is 0 Å². The molecule has 0 fully saturated rings. The van der Waals surface area contributed by atoms with Gasteiger partial charge >= 0.3 is 5.97 Å². The fraction of sp³-hybridized carbons (Fsp3) is 0.375. The highest BCUT2D eigenvalue weighted by Crippen LogP contribution is 2.02. The summed E-state index contributed by atoms with van der Waals surface area (Å²) in [6.45, 7) is 8.36. The first-order valence-electron chi connectivity index (χ1n) is 6.64. The molecule has 0 aliphatic rings. The van der Waals surface area contributed by atoms with Gasteiger partial charge in [0.1, 0.15) is 0 Å². The molecule has 0 saturated heterocycles. The standard InChI is InChI=1S/C16H21NO3/c1-4-17(11-13(2)3)15(18)12-20-16(19)10-14-8-6-5-7-9-14/h5-9H,2,4,10-12H2,1,3H3. The van der Waals surface area contributed by atoms with Crippen molar-refractivity contribution in [2.45, 2.75) is 20.3 Å². The lowest BCUT2D eigenvalue weighted by molar-refractivity contribution is -0.151. The van der Waals surface area contributed by atoms with Gasteiger partial charge in [0, 0.05) is 13.1 Å². The average molecular weight is 275 g/mol. The van der Waals surface area contributed by atoms with Gasteiger partial charge in [-0.05, 0) is 19.4 Å². The second-order valence-corrected chi connectivity index (χ2v) is 4.69. The Kier molecular flexibility index (Phi) is 6.50. The Morgan fingerprint density at radius 3 is 2.45 bits per heavy atom. The van der Waals surface area contributed by atoms with Gasteiger partial charge in [-0.1, -0.05) is 42.5 Å². The second kappa shape index (κ2) is 8.15. The summed E-state index contributed by atoms with van der Waals surface area (Å²) in [4.78, 5) is 25.1. The Bertz CT molecular complexity index is 468. The quantitative estimate of drug-likeness (QED) is 0.566. The average Bonchev–Trinajstić information content (AvgIpc) is 2.43. The van der Waals surface area contributed by atoms with Crippen LogP contribution in [0.15, 0.2) is 42.5 Å². The summed E-state index contributed by atoms with van der Waals surface area (Å²) in [5, 5.41) is 0. The van der Waals surface area contributed by atoms with Crippen molar-refractivity contribution in [1.82, 2.24) is 4.90 Å². The Morgan fingerprint density at radius 2 is 1.90 bits per heavy atom. The van der Waals surface area contributed by atoms with E-state index in [2.05, 4.69) is 6.58 Å². The first kappa shape index (κ1) is 16.0. The summed E-state index contributed by atoms with van der Waals surface area (Å²) >= 11 is 0. The van der Waals surface area contributed by atoms with Gasteiger partial charge in [-0.25, -0.2) is 0 Å². The van der Waals surface area contributed by atoms with Crippen molar-refractivity contribution in [3.8, 4) is 0 Å².